The maximum atomic E-state index is 12.9. The molecule has 7 nitrogen and oxygen atoms in total. The Balaban J connectivity index is 1.76. The lowest BCUT2D eigenvalue weighted by Crippen LogP contribution is -2.30. The van der Waals surface area contributed by atoms with Crippen LogP contribution in [-0.2, 0) is 11.3 Å². The summed E-state index contributed by atoms with van der Waals surface area (Å²) >= 11 is 0. The van der Waals surface area contributed by atoms with E-state index >= 15 is 0 Å². The lowest BCUT2D eigenvalue weighted by molar-refractivity contribution is -0.117. The Kier molecular flexibility index (Phi) is 5.77. The molecule has 0 saturated heterocycles. The van der Waals surface area contributed by atoms with E-state index < -0.39 is 0 Å². The van der Waals surface area contributed by atoms with Gasteiger partial charge in [-0.2, -0.15) is 0 Å². The first-order chi connectivity index (χ1) is 13.8. The second-order valence-corrected chi connectivity index (χ2v) is 7.82. The van der Waals surface area contributed by atoms with Gasteiger partial charge in [0.25, 0.3) is 5.91 Å². The summed E-state index contributed by atoms with van der Waals surface area (Å²) in [5.41, 5.74) is 3.63. The van der Waals surface area contributed by atoms with Crippen molar-refractivity contribution in [2.75, 3.05) is 7.11 Å². The summed E-state index contributed by atoms with van der Waals surface area (Å²) in [5, 5.41) is 6.30. The summed E-state index contributed by atoms with van der Waals surface area (Å²) in [6.45, 7) is 11.7. The number of benzene rings is 1. The molecule has 29 heavy (non-hydrogen) atoms. The Morgan fingerprint density at radius 2 is 2.07 bits per heavy atom. The fraction of sp³-hybridized carbons (Fsp3) is 0.409. The maximum Gasteiger partial charge on any atom is 0.252 e. The highest BCUT2D eigenvalue weighted by atomic mass is 16.5. The molecule has 2 aromatic rings. The number of ether oxygens (including phenoxy) is 1. The molecule has 1 aliphatic rings. The lowest BCUT2D eigenvalue weighted by Gasteiger charge is -2.18. The number of nitrogens with one attached hydrogen (secondary N) is 2. The number of hydrogen-bond donors (Lipinski definition) is 2. The number of hydrogen-bond acceptors (Lipinski definition) is 6. The Morgan fingerprint density at radius 3 is 2.66 bits per heavy atom. The van der Waals surface area contributed by atoms with Crippen LogP contribution in [0.3, 0.4) is 0 Å². The standard InChI is InChI=1S/C22H28N4O3/c1-13(2)19(14(3)20(23-5)26-22(4)9-10-22)21(27)24-12-18-25-16-11-15(28-6)7-8-17(16)29-18/h7-8,11,26H,5,9-10,12H2,1-4,6H3,(H,24,27)/b20-14-. The molecule has 1 aliphatic carbocycles. The number of aromatic nitrogens is 1. The van der Waals surface area contributed by atoms with Gasteiger partial charge in [-0.15, -0.1) is 0 Å². The molecule has 0 unspecified atom stereocenters. The molecule has 2 N–H and O–H groups in total. The molecule has 0 bridgehead atoms. The van der Waals surface area contributed by atoms with Crippen LogP contribution in [0.1, 0.15) is 46.4 Å². The maximum absolute atomic E-state index is 12.9. The normalized spacial score (nSPS) is 15.3. The van der Waals surface area contributed by atoms with Crippen LogP contribution >= 0.6 is 0 Å². The molecule has 1 saturated carbocycles. The number of amides is 1. The average Bonchev–Trinajstić information content (AvgIpc) is 3.27. The minimum absolute atomic E-state index is 0.0419. The predicted octanol–water partition coefficient (Wildman–Crippen LogP) is 3.86. The first-order valence-electron chi connectivity index (χ1n) is 9.61. The Labute approximate surface area is 170 Å². The number of rotatable bonds is 8. The summed E-state index contributed by atoms with van der Waals surface area (Å²) in [6.07, 6.45) is 2.16. The molecule has 0 atom stereocenters. The first kappa shape index (κ1) is 20.6. The second kappa shape index (κ2) is 8.11. The van der Waals surface area contributed by atoms with E-state index in [1.165, 1.54) is 0 Å². The fourth-order valence-corrected chi connectivity index (χ4v) is 3.14. The summed E-state index contributed by atoms with van der Waals surface area (Å²) in [4.78, 5) is 21.5. The van der Waals surface area contributed by atoms with Gasteiger partial charge >= 0.3 is 0 Å². The zero-order valence-electron chi connectivity index (χ0n) is 17.7. The van der Waals surface area contributed by atoms with Crippen LogP contribution in [0, 0.1) is 0 Å². The topological polar surface area (TPSA) is 88.8 Å². The van der Waals surface area contributed by atoms with Crippen molar-refractivity contribution in [3.8, 4) is 5.75 Å². The first-order valence-corrected chi connectivity index (χ1v) is 9.61. The third-order valence-corrected chi connectivity index (χ3v) is 5.07. The van der Waals surface area contributed by atoms with Crippen molar-refractivity contribution in [2.24, 2.45) is 4.99 Å². The van der Waals surface area contributed by atoms with Gasteiger partial charge < -0.3 is 19.8 Å². The van der Waals surface area contributed by atoms with Crippen LogP contribution in [0.15, 0.2) is 50.1 Å². The monoisotopic (exact) mass is 396 g/mol. The van der Waals surface area contributed by atoms with Crippen LogP contribution in [0.4, 0.5) is 0 Å². The van der Waals surface area contributed by atoms with Gasteiger partial charge in [0.1, 0.15) is 17.1 Å². The highest BCUT2D eigenvalue weighted by Crippen LogP contribution is 2.36. The molecule has 1 fully saturated rings. The van der Waals surface area contributed by atoms with E-state index in [1.54, 1.807) is 19.2 Å². The number of carbonyl (C=O) groups is 1. The zero-order valence-corrected chi connectivity index (χ0v) is 17.7. The molecule has 0 spiro atoms. The molecule has 0 aliphatic heterocycles. The van der Waals surface area contributed by atoms with Crippen LogP contribution in [-0.4, -0.2) is 30.3 Å². The van der Waals surface area contributed by atoms with Crippen molar-refractivity contribution in [2.45, 2.75) is 52.6 Å². The largest absolute Gasteiger partial charge is 0.497 e. The Bertz CT molecular complexity index is 1010. The zero-order chi connectivity index (χ0) is 21.2. The van der Waals surface area contributed by atoms with Crippen molar-refractivity contribution in [1.29, 1.82) is 0 Å². The highest BCUT2D eigenvalue weighted by molar-refractivity contribution is 5.98. The number of nitrogens with zero attached hydrogens (tertiary/aromatic N) is 2. The number of carbonyl (C=O) groups excluding carboxylic acids is 1. The van der Waals surface area contributed by atoms with Gasteiger partial charge in [0.05, 0.1) is 13.7 Å². The minimum atomic E-state index is -0.203. The van der Waals surface area contributed by atoms with E-state index in [-0.39, 0.29) is 18.0 Å². The van der Waals surface area contributed by atoms with Crippen molar-refractivity contribution in [3.63, 3.8) is 0 Å². The Morgan fingerprint density at radius 1 is 1.34 bits per heavy atom. The SMILES string of the molecule is C=N/C(NC1(C)CC1)=C(\C)C(C(=O)NCc1nc2cc(OC)ccc2o1)=C(C)C. The molecule has 154 valence electrons. The quantitative estimate of drug-likeness (QED) is 0.402. The van der Waals surface area contributed by atoms with E-state index in [0.29, 0.717) is 34.1 Å². The van der Waals surface area contributed by atoms with Gasteiger partial charge in [-0.25, -0.2) is 9.98 Å². The van der Waals surface area contributed by atoms with Crippen molar-refractivity contribution >= 4 is 23.7 Å². The minimum Gasteiger partial charge on any atom is -0.497 e. The van der Waals surface area contributed by atoms with Crippen molar-refractivity contribution < 1.29 is 13.9 Å². The third kappa shape index (κ3) is 4.67. The molecule has 3 rings (SSSR count). The number of allylic oxidation sites excluding steroid dienone is 1. The van der Waals surface area contributed by atoms with Gasteiger partial charge in [-0.1, -0.05) is 5.57 Å². The second-order valence-electron chi connectivity index (χ2n) is 7.82. The van der Waals surface area contributed by atoms with Crippen LogP contribution < -0.4 is 15.4 Å². The van der Waals surface area contributed by atoms with Crippen molar-refractivity contribution in [3.05, 3.63) is 46.6 Å². The van der Waals surface area contributed by atoms with E-state index in [4.69, 9.17) is 9.15 Å². The summed E-state index contributed by atoms with van der Waals surface area (Å²) in [7, 11) is 1.60. The van der Waals surface area contributed by atoms with E-state index in [1.807, 2.05) is 26.8 Å². The third-order valence-electron chi connectivity index (χ3n) is 5.07. The van der Waals surface area contributed by atoms with Gasteiger partial charge in [0.2, 0.25) is 5.89 Å². The highest BCUT2D eigenvalue weighted by Gasteiger charge is 2.38. The molecule has 1 amide bonds. The van der Waals surface area contributed by atoms with Gasteiger partial charge in [-0.05, 0) is 59.4 Å². The number of aliphatic imine (C=N–C) groups is 1. The summed E-state index contributed by atoms with van der Waals surface area (Å²) < 4.78 is 10.9. The molecule has 1 aromatic heterocycles. The van der Waals surface area contributed by atoms with Gasteiger partial charge in [0, 0.05) is 22.8 Å². The van der Waals surface area contributed by atoms with Crippen LogP contribution in [0.25, 0.3) is 11.1 Å². The van der Waals surface area contributed by atoms with E-state index in [2.05, 4.69) is 34.3 Å². The smallest absolute Gasteiger partial charge is 0.252 e. The number of oxazole rings is 1. The number of fused-ring (bicyclic) bond motifs is 1. The Hall–Kier alpha value is -3.09. The lowest BCUT2D eigenvalue weighted by atomic mass is 10.0. The number of methoxy groups -OCH3 is 1. The van der Waals surface area contributed by atoms with Crippen LogP contribution in [0.5, 0.6) is 5.75 Å². The molecular formula is C22H28N4O3. The van der Waals surface area contributed by atoms with Crippen molar-refractivity contribution in [1.82, 2.24) is 15.6 Å². The molecule has 0 radical (unpaired) electrons. The average molecular weight is 396 g/mol. The predicted molar refractivity (Wildman–Crippen MR) is 114 cm³/mol. The fourth-order valence-electron chi connectivity index (χ4n) is 3.14. The molecular weight excluding hydrogens is 368 g/mol. The molecule has 7 heteroatoms. The van der Waals surface area contributed by atoms with E-state index in [0.717, 1.165) is 24.0 Å². The molecule has 1 heterocycles. The summed E-state index contributed by atoms with van der Waals surface area (Å²) in [5.74, 6) is 1.58. The summed E-state index contributed by atoms with van der Waals surface area (Å²) in [6, 6.07) is 5.40. The van der Waals surface area contributed by atoms with E-state index in [9.17, 15) is 4.79 Å². The van der Waals surface area contributed by atoms with Gasteiger partial charge in [0.15, 0.2) is 5.58 Å². The van der Waals surface area contributed by atoms with Crippen LogP contribution in [0.2, 0.25) is 0 Å². The molecule has 1 aromatic carbocycles. The van der Waals surface area contributed by atoms with Gasteiger partial charge in [-0.3, -0.25) is 4.79 Å².